The second kappa shape index (κ2) is 6.16. The zero-order valence-corrected chi connectivity index (χ0v) is 12.6. The molecule has 0 aliphatic heterocycles. The number of nitrogens with two attached hydrogens (primary N) is 1. The number of pyridine rings is 1. The fourth-order valence-electron chi connectivity index (χ4n) is 2.26. The number of nitrogens with zero attached hydrogens (tertiary/aromatic N) is 1. The number of benzene rings is 2. The maximum absolute atomic E-state index is 5.96. The van der Waals surface area contributed by atoms with Gasteiger partial charge in [-0.15, -0.1) is 11.8 Å². The molecule has 0 fully saturated rings. The fraction of sp³-hybridized carbons (Fsp3) is 0.118. The van der Waals surface area contributed by atoms with E-state index in [1.54, 1.807) is 11.8 Å². The molecule has 0 unspecified atom stereocenters. The maximum Gasteiger partial charge on any atom is 0.220 e. The third-order valence-corrected chi connectivity index (χ3v) is 4.06. The van der Waals surface area contributed by atoms with Crippen molar-refractivity contribution in [1.82, 2.24) is 4.98 Å². The standard InChI is InChI=1S/C17H16N2OS/c1-21-16-9-5-4-8-15(16)20-17-10-12(11-18)13-6-2-3-7-14(13)19-17/h2-10H,11,18H2,1H3. The van der Waals surface area contributed by atoms with Crippen molar-refractivity contribution in [3.63, 3.8) is 0 Å². The number of aromatic nitrogens is 1. The Kier molecular flexibility index (Phi) is 4.08. The summed E-state index contributed by atoms with van der Waals surface area (Å²) < 4.78 is 5.96. The molecule has 2 aromatic carbocycles. The predicted octanol–water partition coefficient (Wildman–Crippen LogP) is 4.21. The van der Waals surface area contributed by atoms with Gasteiger partial charge in [0.25, 0.3) is 0 Å². The highest BCUT2D eigenvalue weighted by atomic mass is 32.2. The Hall–Kier alpha value is -2.04. The number of thioether (sulfide) groups is 1. The van der Waals surface area contributed by atoms with Gasteiger partial charge >= 0.3 is 0 Å². The van der Waals surface area contributed by atoms with E-state index in [1.807, 2.05) is 60.9 Å². The number of hydrogen-bond acceptors (Lipinski definition) is 4. The topological polar surface area (TPSA) is 48.1 Å². The highest BCUT2D eigenvalue weighted by Crippen LogP contribution is 2.32. The molecule has 0 spiro atoms. The summed E-state index contributed by atoms with van der Waals surface area (Å²) >= 11 is 1.65. The van der Waals surface area contributed by atoms with Crippen LogP contribution in [0.4, 0.5) is 0 Å². The highest BCUT2D eigenvalue weighted by molar-refractivity contribution is 7.98. The van der Waals surface area contributed by atoms with E-state index in [9.17, 15) is 0 Å². The second-order valence-corrected chi connectivity index (χ2v) is 5.44. The maximum atomic E-state index is 5.96. The van der Waals surface area contributed by atoms with E-state index in [2.05, 4.69) is 4.98 Å². The van der Waals surface area contributed by atoms with Gasteiger partial charge in [-0.1, -0.05) is 30.3 Å². The van der Waals surface area contributed by atoms with Crippen LogP contribution in [0.15, 0.2) is 59.5 Å². The molecule has 0 radical (unpaired) electrons. The Morgan fingerprint density at radius 3 is 2.67 bits per heavy atom. The Morgan fingerprint density at radius 1 is 1.10 bits per heavy atom. The van der Waals surface area contributed by atoms with Crippen molar-refractivity contribution >= 4 is 22.7 Å². The quantitative estimate of drug-likeness (QED) is 0.733. The first-order valence-electron chi connectivity index (χ1n) is 6.71. The smallest absolute Gasteiger partial charge is 0.220 e. The van der Waals surface area contributed by atoms with Gasteiger partial charge in [-0.05, 0) is 30.0 Å². The van der Waals surface area contributed by atoms with Crippen LogP contribution in [0, 0.1) is 0 Å². The van der Waals surface area contributed by atoms with Crippen LogP contribution in [0.3, 0.4) is 0 Å². The van der Waals surface area contributed by atoms with Gasteiger partial charge in [0.15, 0.2) is 0 Å². The van der Waals surface area contributed by atoms with E-state index in [0.717, 1.165) is 27.1 Å². The Balaban J connectivity index is 2.05. The van der Waals surface area contributed by atoms with Crippen molar-refractivity contribution in [3.05, 3.63) is 60.2 Å². The summed E-state index contributed by atoms with van der Waals surface area (Å²) in [6.07, 6.45) is 2.03. The van der Waals surface area contributed by atoms with Crippen LogP contribution in [0.5, 0.6) is 11.6 Å². The van der Waals surface area contributed by atoms with Gasteiger partial charge in [0, 0.05) is 22.9 Å². The van der Waals surface area contributed by atoms with E-state index in [-0.39, 0.29) is 0 Å². The molecule has 21 heavy (non-hydrogen) atoms. The van der Waals surface area contributed by atoms with Gasteiger partial charge in [0.2, 0.25) is 5.88 Å². The third kappa shape index (κ3) is 2.86. The summed E-state index contributed by atoms with van der Waals surface area (Å²) in [6.45, 7) is 0.462. The van der Waals surface area contributed by atoms with E-state index < -0.39 is 0 Å². The van der Waals surface area contributed by atoms with Gasteiger partial charge in [-0.2, -0.15) is 0 Å². The van der Waals surface area contributed by atoms with Gasteiger partial charge < -0.3 is 10.5 Å². The van der Waals surface area contributed by atoms with Crippen molar-refractivity contribution < 1.29 is 4.74 Å². The minimum atomic E-state index is 0.462. The van der Waals surface area contributed by atoms with E-state index in [1.165, 1.54) is 0 Å². The van der Waals surface area contributed by atoms with Crippen LogP contribution >= 0.6 is 11.8 Å². The first-order valence-corrected chi connectivity index (χ1v) is 7.94. The molecule has 106 valence electrons. The molecular formula is C17H16N2OS. The summed E-state index contributed by atoms with van der Waals surface area (Å²) in [5.74, 6) is 1.39. The number of hydrogen-bond donors (Lipinski definition) is 1. The first-order chi connectivity index (χ1) is 10.3. The van der Waals surface area contributed by atoms with Crippen molar-refractivity contribution in [1.29, 1.82) is 0 Å². The minimum absolute atomic E-state index is 0.462. The average Bonchev–Trinajstić information content (AvgIpc) is 2.54. The molecule has 0 amide bonds. The Labute approximate surface area is 128 Å². The van der Waals surface area contributed by atoms with E-state index >= 15 is 0 Å². The van der Waals surface area contributed by atoms with Gasteiger partial charge in [-0.3, -0.25) is 0 Å². The Bertz CT molecular complexity index is 774. The van der Waals surface area contributed by atoms with Crippen LogP contribution in [0.25, 0.3) is 10.9 Å². The molecule has 0 aliphatic rings. The van der Waals surface area contributed by atoms with Crippen LogP contribution in [0.1, 0.15) is 5.56 Å². The third-order valence-electron chi connectivity index (χ3n) is 3.28. The van der Waals surface area contributed by atoms with Gasteiger partial charge in [0.1, 0.15) is 5.75 Å². The molecular weight excluding hydrogens is 280 g/mol. The molecule has 4 heteroatoms. The SMILES string of the molecule is CSc1ccccc1Oc1cc(CN)c2ccccc2n1. The molecule has 0 saturated carbocycles. The first kappa shape index (κ1) is 13.9. The van der Waals surface area contributed by atoms with Crippen molar-refractivity contribution in [2.75, 3.05) is 6.26 Å². The van der Waals surface area contributed by atoms with Crippen LogP contribution in [-0.4, -0.2) is 11.2 Å². The van der Waals surface area contributed by atoms with Crippen LogP contribution < -0.4 is 10.5 Å². The number of ether oxygens (including phenoxy) is 1. The minimum Gasteiger partial charge on any atom is -0.438 e. The van der Waals surface area contributed by atoms with Crippen molar-refractivity contribution in [2.24, 2.45) is 5.73 Å². The van der Waals surface area contributed by atoms with Gasteiger partial charge in [0.05, 0.1) is 5.52 Å². The lowest BCUT2D eigenvalue weighted by Gasteiger charge is -2.11. The summed E-state index contributed by atoms with van der Waals surface area (Å²) in [5.41, 5.74) is 7.79. The number of fused-ring (bicyclic) bond motifs is 1. The highest BCUT2D eigenvalue weighted by Gasteiger charge is 2.08. The largest absolute Gasteiger partial charge is 0.438 e. The summed E-state index contributed by atoms with van der Waals surface area (Å²) in [7, 11) is 0. The fourth-order valence-corrected chi connectivity index (χ4v) is 2.78. The monoisotopic (exact) mass is 296 g/mol. The molecule has 0 aliphatic carbocycles. The van der Waals surface area contributed by atoms with E-state index in [4.69, 9.17) is 10.5 Å². The molecule has 1 aromatic heterocycles. The average molecular weight is 296 g/mol. The molecule has 0 atom stereocenters. The number of para-hydroxylation sites is 2. The molecule has 0 bridgehead atoms. The molecule has 3 rings (SSSR count). The van der Waals surface area contributed by atoms with Gasteiger partial charge in [-0.25, -0.2) is 4.98 Å². The van der Waals surface area contributed by atoms with Crippen molar-refractivity contribution in [2.45, 2.75) is 11.4 Å². The predicted molar refractivity (Wildman–Crippen MR) is 87.9 cm³/mol. The van der Waals surface area contributed by atoms with E-state index in [0.29, 0.717) is 12.4 Å². The summed E-state index contributed by atoms with van der Waals surface area (Å²) in [6, 6.07) is 17.8. The molecule has 2 N–H and O–H groups in total. The van der Waals surface area contributed by atoms with Crippen LogP contribution in [0.2, 0.25) is 0 Å². The van der Waals surface area contributed by atoms with Crippen molar-refractivity contribution in [3.8, 4) is 11.6 Å². The normalized spacial score (nSPS) is 10.8. The lowest BCUT2D eigenvalue weighted by molar-refractivity contribution is 0.453. The summed E-state index contributed by atoms with van der Waals surface area (Å²) in [4.78, 5) is 5.65. The summed E-state index contributed by atoms with van der Waals surface area (Å²) in [5, 5.41) is 1.07. The zero-order chi connectivity index (χ0) is 14.7. The second-order valence-electron chi connectivity index (χ2n) is 4.59. The van der Waals surface area contributed by atoms with Crippen LogP contribution in [-0.2, 0) is 6.54 Å². The molecule has 3 nitrogen and oxygen atoms in total. The molecule has 0 saturated heterocycles. The lowest BCUT2D eigenvalue weighted by atomic mass is 10.1. The molecule has 3 aromatic rings. The lowest BCUT2D eigenvalue weighted by Crippen LogP contribution is -2.00. The molecule has 1 heterocycles. The number of rotatable bonds is 4. The zero-order valence-electron chi connectivity index (χ0n) is 11.7. The Morgan fingerprint density at radius 2 is 1.86 bits per heavy atom.